The number of carbonyl (C=O) groups is 2. The van der Waals surface area contributed by atoms with Crippen LogP contribution in [0.1, 0.15) is 15.9 Å². The summed E-state index contributed by atoms with van der Waals surface area (Å²) in [5.74, 6) is -2.10. The molecule has 2 aromatic carbocycles. The lowest BCUT2D eigenvalue weighted by molar-refractivity contribution is -0.142. The summed E-state index contributed by atoms with van der Waals surface area (Å²) in [5.41, 5.74) is 1.72. The standard InChI is InChI=1S/C19H19NO3/c21-18(15-9-5-2-6-10-15)16-12-20(13-17(16)19(22)23)11-14-7-3-1-4-8-14/h1-10,16-17H,11-13H2,(H,22,23)/t16-,17+/m0/s1. The SMILES string of the molecule is O=C(c1ccccc1)[C@H]1CN(Cc2ccccc2)C[C@H]1C(=O)O. The van der Waals surface area contributed by atoms with Crippen LogP contribution in [0, 0.1) is 11.8 Å². The summed E-state index contributed by atoms with van der Waals surface area (Å²) in [6.07, 6.45) is 0. The lowest BCUT2D eigenvalue weighted by atomic mass is 9.88. The molecule has 0 spiro atoms. The summed E-state index contributed by atoms with van der Waals surface area (Å²) in [5, 5.41) is 9.48. The van der Waals surface area contributed by atoms with Crippen molar-refractivity contribution in [1.29, 1.82) is 0 Å². The number of benzene rings is 2. The molecule has 0 aromatic heterocycles. The molecule has 2 atom stereocenters. The van der Waals surface area contributed by atoms with Crippen molar-refractivity contribution in [2.45, 2.75) is 6.54 Å². The molecule has 1 aliphatic heterocycles. The highest BCUT2D eigenvalue weighted by molar-refractivity contribution is 6.00. The number of likely N-dealkylation sites (tertiary alicyclic amines) is 1. The number of carbonyl (C=O) groups excluding carboxylic acids is 1. The number of carboxylic acids is 1. The predicted molar refractivity (Wildman–Crippen MR) is 87.1 cm³/mol. The number of Topliss-reactive ketones (excluding diaryl/α,β-unsaturated/α-hetero) is 1. The molecule has 0 saturated carbocycles. The van der Waals surface area contributed by atoms with Crippen LogP contribution in [-0.2, 0) is 11.3 Å². The van der Waals surface area contributed by atoms with Crippen LogP contribution < -0.4 is 0 Å². The van der Waals surface area contributed by atoms with Gasteiger partial charge in [0.25, 0.3) is 0 Å². The van der Waals surface area contributed by atoms with E-state index < -0.39 is 17.8 Å². The molecule has 0 bridgehead atoms. The van der Waals surface area contributed by atoms with E-state index in [-0.39, 0.29) is 5.78 Å². The van der Waals surface area contributed by atoms with Crippen LogP contribution >= 0.6 is 0 Å². The number of carboxylic acid groups (broad SMARTS) is 1. The smallest absolute Gasteiger partial charge is 0.308 e. The first-order valence-corrected chi connectivity index (χ1v) is 7.73. The Morgan fingerprint density at radius 2 is 1.48 bits per heavy atom. The molecule has 1 fully saturated rings. The Kier molecular flexibility index (Phi) is 4.53. The number of hydrogen-bond donors (Lipinski definition) is 1. The molecule has 23 heavy (non-hydrogen) atoms. The zero-order valence-electron chi connectivity index (χ0n) is 12.8. The summed E-state index contributed by atoms with van der Waals surface area (Å²) in [6.45, 7) is 1.57. The summed E-state index contributed by atoms with van der Waals surface area (Å²) in [6, 6.07) is 18.9. The lowest BCUT2D eigenvalue weighted by Gasteiger charge is -2.15. The maximum Gasteiger partial charge on any atom is 0.308 e. The molecule has 4 heteroatoms. The predicted octanol–water partition coefficient (Wildman–Crippen LogP) is 2.70. The number of nitrogens with zero attached hydrogens (tertiary/aromatic N) is 1. The molecule has 3 rings (SSSR count). The number of ketones is 1. The summed E-state index contributed by atoms with van der Waals surface area (Å²) >= 11 is 0. The van der Waals surface area contributed by atoms with Crippen molar-refractivity contribution in [2.24, 2.45) is 11.8 Å². The van der Waals surface area contributed by atoms with Crippen molar-refractivity contribution >= 4 is 11.8 Å². The summed E-state index contributed by atoms with van der Waals surface area (Å²) in [4.78, 5) is 26.3. The molecule has 4 nitrogen and oxygen atoms in total. The van der Waals surface area contributed by atoms with Crippen LogP contribution in [0.25, 0.3) is 0 Å². The molecule has 0 unspecified atom stereocenters. The van der Waals surface area contributed by atoms with Gasteiger partial charge in [0, 0.05) is 31.1 Å². The van der Waals surface area contributed by atoms with Gasteiger partial charge in [-0.1, -0.05) is 60.7 Å². The van der Waals surface area contributed by atoms with E-state index in [9.17, 15) is 14.7 Å². The summed E-state index contributed by atoms with van der Waals surface area (Å²) in [7, 11) is 0. The van der Waals surface area contributed by atoms with Crippen LogP contribution in [0.5, 0.6) is 0 Å². The Morgan fingerprint density at radius 1 is 0.913 bits per heavy atom. The Bertz CT molecular complexity index is 684. The average Bonchev–Trinajstić information content (AvgIpc) is 3.00. The van der Waals surface area contributed by atoms with E-state index in [4.69, 9.17) is 0 Å². The summed E-state index contributed by atoms with van der Waals surface area (Å²) < 4.78 is 0. The molecule has 1 N–H and O–H groups in total. The van der Waals surface area contributed by atoms with Gasteiger partial charge in [-0.2, -0.15) is 0 Å². The highest BCUT2D eigenvalue weighted by Gasteiger charge is 2.41. The molecule has 2 aromatic rings. The van der Waals surface area contributed by atoms with Gasteiger partial charge in [-0.05, 0) is 5.56 Å². The van der Waals surface area contributed by atoms with Crippen molar-refractivity contribution in [3.63, 3.8) is 0 Å². The normalized spacial score (nSPS) is 21.2. The maximum absolute atomic E-state index is 12.7. The molecule has 0 aliphatic carbocycles. The second-order valence-electron chi connectivity index (χ2n) is 5.96. The van der Waals surface area contributed by atoms with Gasteiger partial charge in [0.15, 0.2) is 5.78 Å². The van der Waals surface area contributed by atoms with E-state index in [1.165, 1.54) is 0 Å². The first kappa shape index (κ1) is 15.4. The van der Waals surface area contributed by atoms with Gasteiger partial charge in [0.05, 0.1) is 5.92 Å². The fourth-order valence-electron chi connectivity index (χ4n) is 3.19. The van der Waals surface area contributed by atoms with Gasteiger partial charge in [0.2, 0.25) is 0 Å². The van der Waals surface area contributed by atoms with Crippen LogP contribution in [0.2, 0.25) is 0 Å². The van der Waals surface area contributed by atoms with E-state index in [1.54, 1.807) is 24.3 Å². The third kappa shape index (κ3) is 3.48. The Balaban J connectivity index is 1.76. The van der Waals surface area contributed by atoms with E-state index in [0.717, 1.165) is 5.56 Å². The van der Waals surface area contributed by atoms with Crippen LogP contribution in [-0.4, -0.2) is 34.8 Å². The molecular weight excluding hydrogens is 290 g/mol. The second-order valence-corrected chi connectivity index (χ2v) is 5.96. The van der Waals surface area contributed by atoms with Crippen LogP contribution in [0.15, 0.2) is 60.7 Å². The quantitative estimate of drug-likeness (QED) is 0.863. The van der Waals surface area contributed by atoms with Gasteiger partial charge in [-0.3, -0.25) is 14.5 Å². The van der Waals surface area contributed by atoms with E-state index in [0.29, 0.717) is 25.2 Å². The maximum atomic E-state index is 12.7. The number of hydrogen-bond acceptors (Lipinski definition) is 3. The van der Waals surface area contributed by atoms with E-state index in [2.05, 4.69) is 4.90 Å². The van der Waals surface area contributed by atoms with Crippen LogP contribution in [0.3, 0.4) is 0 Å². The average molecular weight is 309 g/mol. The van der Waals surface area contributed by atoms with Gasteiger partial charge >= 0.3 is 5.97 Å². The molecule has 0 amide bonds. The topological polar surface area (TPSA) is 57.6 Å². The fraction of sp³-hybridized carbons (Fsp3) is 0.263. The zero-order valence-corrected chi connectivity index (χ0v) is 12.8. The molecule has 1 saturated heterocycles. The van der Waals surface area contributed by atoms with Gasteiger partial charge in [0.1, 0.15) is 0 Å². The third-order valence-corrected chi connectivity index (χ3v) is 4.36. The largest absolute Gasteiger partial charge is 0.481 e. The van der Waals surface area contributed by atoms with Crippen molar-refractivity contribution < 1.29 is 14.7 Å². The lowest BCUT2D eigenvalue weighted by Crippen LogP contribution is -2.28. The Hall–Kier alpha value is -2.46. The highest BCUT2D eigenvalue weighted by Crippen LogP contribution is 2.28. The minimum absolute atomic E-state index is 0.0754. The number of rotatable bonds is 5. The van der Waals surface area contributed by atoms with E-state index in [1.807, 2.05) is 36.4 Å². The number of aliphatic carboxylic acids is 1. The van der Waals surface area contributed by atoms with Crippen molar-refractivity contribution in [2.75, 3.05) is 13.1 Å². The minimum atomic E-state index is -0.894. The molecule has 0 radical (unpaired) electrons. The molecular formula is C19H19NO3. The van der Waals surface area contributed by atoms with Gasteiger partial charge in [-0.15, -0.1) is 0 Å². The molecule has 118 valence electrons. The highest BCUT2D eigenvalue weighted by atomic mass is 16.4. The van der Waals surface area contributed by atoms with Crippen molar-refractivity contribution in [3.8, 4) is 0 Å². The third-order valence-electron chi connectivity index (χ3n) is 4.36. The van der Waals surface area contributed by atoms with Crippen LogP contribution in [0.4, 0.5) is 0 Å². The van der Waals surface area contributed by atoms with E-state index >= 15 is 0 Å². The second kappa shape index (κ2) is 6.75. The zero-order chi connectivity index (χ0) is 16.2. The first-order valence-electron chi connectivity index (χ1n) is 7.73. The fourth-order valence-corrected chi connectivity index (χ4v) is 3.19. The monoisotopic (exact) mass is 309 g/mol. The molecule has 1 aliphatic rings. The van der Waals surface area contributed by atoms with Crippen molar-refractivity contribution in [1.82, 2.24) is 4.90 Å². The Morgan fingerprint density at radius 3 is 2.09 bits per heavy atom. The first-order chi connectivity index (χ1) is 11.1. The van der Waals surface area contributed by atoms with Gasteiger partial charge in [-0.25, -0.2) is 0 Å². The van der Waals surface area contributed by atoms with Gasteiger partial charge < -0.3 is 5.11 Å². The molecule has 1 heterocycles. The van der Waals surface area contributed by atoms with Crippen molar-refractivity contribution in [3.05, 3.63) is 71.8 Å². The minimum Gasteiger partial charge on any atom is -0.481 e. The Labute approximate surface area is 135 Å².